The van der Waals surface area contributed by atoms with Crippen LogP contribution >= 0.6 is 15.9 Å². The van der Waals surface area contributed by atoms with E-state index in [1.807, 2.05) is 0 Å². The van der Waals surface area contributed by atoms with Gasteiger partial charge in [0.05, 0.1) is 4.95 Å². The third-order valence-corrected chi connectivity index (χ3v) is 4.70. The fourth-order valence-electron chi connectivity index (χ4n) is 2.82. The van der Waals surface area contributed by atoms with Crippen molar-refractivity contribution in [2.45, 2.75) is 45.0 Å². The predicted molar refractivity (Wildman–Crippen MR) is 88.0 cm³/mol. The molecule has 0 bridgehead atoms. The van der Waals surface area contributed by atoms with Crippen molar-refractivity contribution < 1.29 is 0 Å². The highest BCUT2D eigenvalue weighted by Gasteiger charge is 2.21. The summed E-state index contributed by atoms with van der Waals surface area (Å²) in [4.78, 5) is 8.38. The van der Waals surface area contributed by atoms with Gasteiger partial charge in [-0.15, -0.1) is 0 Å². The third kappa shape index (κ3) is 6.56. The minimum atomic E-state index is 0.514. The third-order valence-electron chi connectivity index (χ3n) is 3.83. The standard InChI is InChI=1S/C15H32BrN3/c1-4-7-17-10-11-18(8-5-2)14-15(16)19(9-6-3)13-12-17/h15H,4-14H2,1-3H3. The first-order valence-electron chi connectivity index (χ1n) is 8.04. The van der Waals surface area contributed by atoms with Gasteiger partial charge in [-0.1, -0.05) is 36.7 Å². The van der Waals surface area contributed by atoms with E-state index < -0.39 is 0 Å². The highest BCUT2D eigenvalue weighted by Crippen LogP contribution is 2.13. The van der Waals surface area contributed by atoms with Crippen molar-refractivity contribution in [3.05, 3.63) is 0 Å². The van der Waals surface area contributed by atoms with Crippen LogP contribution in [0, 0.1) is 0 Å². The summed E-state index contributed by atoms with van der Waals surface area (Å²) in [6.45, 7) is 16.5. The lowest BCUT2D eigenvalue weighted by atomic mass is 10.3. The van der Waals surface area contributed by atoms with Crippen molar-refractivity contribution in [3.8, 4) is 0 Å². The van der Waals surface area contributed by atoms with Gasteiger partial charge in [-0.25, -0.2) is 0 Å². The largest absolute Gasteiger partial charge is 0.301 e. The van der Waals surface area contributed by atoms with Gasteiger partial charge in [-0.05, 0) is 38.9 Å². The van der Waals surface area contributed by atoms with Gasteiger partial charge in [-0.2, -0.15) is 0 Å². The molecule has 0 amide bonds. The molecule has 1 rings (SSSR count). The Kier molecular flexibility index (Phi) is 9.29. The summed E-state index contributed by atoms with van der Waals surface area (Å²) in [6.07, 6.45) is 3.75. The molecule has 1 heterocycles. The van der Waals surface area contributed by atoms with Crippen LogP contribution in [0.2, 0.25) is 0 Å². The quantitative estimate of drug-likeness (QED) is 0.546. The number of hydrogen-bond acceptors (Lipinski definition) is 3. The highest BCUT2D eigenvalue weighted by atomic mass is 79.9. The van der Waals surface area contributed by atoms with E-state index in [1.165, 1.54) is 65.1 Å². The first kappa shape index (κ1) is 17.4. The van der Waals surface area contributed by atoms with Crippen LogP contribution in [0.1, 0.15) is 40.0 Å². The molecule has 0 N–H and O–H groups in total. The van der Waals surface area contributed by atoms with Crippen molar-refractivity contribution in [3.63, 3.8) is 0 Å². The van der Waals surface area contributed by atoms with Gasteiger partial charge in [0.25, 0.3) is 0 Å². The topological polar surface area (TPSA) is 9.72 Å². The van der Waals surface area contributed by atoms with Gasteiger partial charge in [0.2, 0.25) is 0 Å². The zero-order chi connectivity index (χ0) is 14.1. The summed E-state index contributed by atoms with van der Waals surface area (Å²) in [5.74, 6) is 0. The van der Waals surface area contributed by atoms with Crippen LogP contribution in [-0.2, 0) is 0 Å². The molecule has 1 aliphatic rings. The number of alkyl halides is 1. The molecular weight excluding hydrogens is 302 g/mol. The Morgan fingerprint density at radius 1 is 0.789 bits per heavy atom. The predicted octanol–water partition coefficient (Wildman–Crippen LogP) is 2.86. The van der Waals surface area contributed by atoms with Gasteiger partial charge in [0.1, 0.15) is 0 Å². The number of hydrogen-bond donors (Lipinski definition) is 0. The van der Waals surface area contributed by atoms with E-state index in [0.717, 1.165) is 6.54 Å². The van der Waals surface area contributed by atoms with Gasteiger partial charge in [0.15, 0.2) is 0 Å². The van der Waals surface area contributed by atoms with Crippen LogP contribution in [0.3, 0.4) is 0 Å². The zero-order valence-electron chi connectivity index (χ0n) is 13.1. The van der Waals surface area contributed by atoms with E-state index in [9.17, 15) is 0 Å². The molecule has 1 aliphatic heterocycles. The lowest BCUT2D eigenvalue weighted by Crippen LogP contribution is -2.42. The van der Waals surface area contributed by atoms with Crippen LogP contribution in [0.4, 0.5) is 0 Å². The molecule has 1 unspecified atom stereocenters. The Hall–Kier alpha value is 0.360. The van der Waals surface area contributed by atoms with E-state index in [4.69, 9.17) is 0 Å². The van der Waals surface area contributed by atoms with Crippen molar-refractivity contribution in [2.75, 3.05) is 52.4 Å². The van der Waals surface area contributed by atoms with E-state index in [2.05, 4.69) is 51.4 Å². The minimum absolute atomic E-state index is 0.514. The Morgan fingerprint density at radius 2 is 1.32 bits per heavy atom. The smallest absolute Gasteiger partial charge is 0.0784 e. The molecule has 0 spiro atoms. The molecule has 3 nitrogen and oxygen atoms in total. The maximum atomic E-state index is 3.91. The first-order chi connectivity index (χ1) is 9.21. The van der Waals surface area contributed by atoms with E-state index in [1.54, 1.807) is 0 Å². The summed E-state index contributed by atoms with van der Waals surface area (Å²) in [6, 6.07) is 0. The molecule has 4 heteroatoms. The molecule has 0 aliphatic carbocycles. The molecule has 1 atom stereocenters. The van der Waals surface area contributed by atoms with Crippen LogP contribution in [-0.4, -0.2) is 72.0 Å². The maximum Gasteiger partial charge on any atom is 0.0784 e. The summed E-state index contributed by atoms with van der Waals surface area (Å²) < 4.78 is 0. The second kappa shape index (κ2) is 10.1. The second-order valence-corrected chi connectivity index (χ2v) is 6.67. The SMILES string of the molecule is CCCN1CCN(CCC)CC(Br)N(CCC)CC1. The van der Waals surface area contributed by atoms with Gasteiger partial charge >= 0.3 is 0 Å². The lowest BCUT2D eigenvalue weighted by molar-refractivity contribution is 0.203. The molecule has 19 heavy (non-hydrogen) atoms. The highest BCUT2D eigenvalue weighted by molar-refractivity contribution is 9.09. The van der Waals surface area contributed by atoms with E-state index >= 15 is 0 Å². The van der Waals surface area contributed by atoms with Crippen LogP contribution in [0.5, 0.6) is 0 Å². The normalized spacial score (nSPS) is 24.9. The van der Waals surface area contributed by atoms with Crippen LogP contribution in [0.15, 0.2) is 0 Å². The summed E-state index contributed by atoms with van der Waals surface area (Å²) >= 11 is 3.91. The summed E-state index contributed by atoms with van der Waals surface area (Å²) in [7, 11) is 0. The molecule has 0 aromatic carbocycles. The first-order valence-corrected chi connectivity index (χ1v) is 8.95. The fraction of sp³-hybridized carbons (Fsp3) is 1.00. The van der Waals surface area contributed by atoms with Crippen molar-refractivity contribution >= 4 is 15.9 Å². The Labute approximate surface area is 128 Å². The lowest BCUT2D eigenvalue weighted by Gasteiger charge is -2.30. The Morgan fingerprint density at radius 3 is 1.95 bits per heavy atom. The molecule has 0 radical (unpaired) electrons. The monoisotopic (exact) mass is 333 g/mol. The molecule has 1 fully saturated rings. The van der Waals surface area contributed by atoms with Crippen LogP contribution in [0.25, 0.3) is 0 Å². The van der Waals surface area contributed by atoms with Crippen molar-refractivity contribution in [1.29, 1.82) is 0 Å². The average molecular weight is 334 g/mol. The second-order valence-electron chi connectivity index (χ2n) is 5.61. The Balaban J connectivity index is 2.63. The van der Waals surface area contributed by atoms with Gasteiger partial charge in [-0.3, -0.25) is 9.80 Å². The zero-order valence-corrected chi connectivity index (χ0v) is 14.7. The molecule has 0 aromatic heterocycles. The Bertz CT molecular complexity index is 225. The molecule has 114 valence electrons. The van der Waals surface area contributed by atoms with Gasteiger partial charge < -0.3 is 4.90 Å². The number of rotatable bonds is 6. The van der Waals surface area contributed by atoms with Crippen molar-refractivity contribution in [1.82, 2.24) is 14.7 Å². The van der Waals surface area contributed by atoms with Gasteiger partial charge in [0, 0.05) is 32.7 Å². The molecular formula is C15H32BrN3. The summed E-state index contributed by atoms with van der Waals surface area (Å²) in [5, 5.41) is 0. The number of halogens is 1. The maximum absolute atomic E-state index is 3.91. The van der Waals surface area contributed by atoms with Crippen LogP contribution < -0.4 is 0 Å². The molecule has 0 aromatic rings. The number of nitrogens with zero attached hydrogens (tertiary/aromatic N) is 3. The fourth-order valence-corrected chi connectivity index (χ4v) is 3.64. The molecule has 0 saturated carbocycles. The van der Waals surface area contributed by atoms with E-state index in [0.29, 0.717) is 4.95 Å². The summed E-state index contributed by atoms with van der Waals surface area (Å²) in [5.41, 5.74) is 0. The minimum Gasteiger partial charge on any atom is -0.301 e. The molecule has 1 saturated heterocycles. The van der Waals surface area contributed by atoms with Crippen molar-refractivity contribution in [2.24, 2.45) is 0 Å². The van der Waals surface area contributed by atoms with E-state index in [-0.39, 0.29) is 0 Å². The average Bonchev–Trinajstić information content (AvgIpc) is 2.45.